The maximum atomic E-state index is 5.81. The number of hydrogen-bond acceptors (Lipinski definition) is 4. The van der Waals surface area contributed by atoms with E-state index < -0.39 is 0 Å². The molecule has 0 saturated carbocycles. The maximum absolute atomic E-state index is 5.81. The molecule has 0 spiro atoms. The fourth-order valence-electron chi connectivity index (χ4n) is 1.56. The molecule has 0 saturated heterocycles. The number of nitrogens with zero attached hydrogens (tertiary/aromatic N) is 1. The molecule has 4 heteroatoms. The summed E-state index contributed by atoms with van der Waals surface area (Å²) in [5.41, 5.74) is 1.14. The van der Waals surface area contributed by atoms with Crippen molar-refractivity contribution in [3.8, 4) is 5.75 Å². The van der Waals surface area contributed by atoms with Gasteiger partial charge in [-0.2, -0.15) is 0 Å². The van der Waals surface area contributed by atoms with Crippen molar-refractivity contribution in [1.29, 1.82) is 0 Å². The topological polar surface area (TPSA) is 22.1 Å². The van der Waals surface area contributed by atoms with Crippen LogP contribution in [0.25, 0.3) is 0 Å². The van der Waals surface area contributed by atoms with Gasteiger partial charge in [-0.15, -0.1) is 0 Å². The van der Waals surface area contributed by atoms with Gasteiger partial charge in [-0.05, 0) is 61.4 Å². The Morgan fingerprint density at radius 1 is 1.05 bits per heavy atom. The average molecular weight is 305 g/mol. The number of aromatic nitrogens is 1. The monoisotopic (exact) mass is 305 g/mol. The number of pyridine rings is 1. The van der Waals surface area contributed by atoms with E-state index in [-0.39, 0.29) is 5.60 Å². The number of rotatable bonds is 5. The van der Waals surface area contributed by atoms with E-state index in [1.54, 1.807) is 21.6 Å². The molecule has 1 heterocycles. The molecule has 106 valence electrons. The molecule has 0 fully saturated rings. The Balaban J connectivity index is 1.82. The molecule has 2 rings (SSSR count). The van der Waals surface area contributed by atoms with Gasteiger partial charge < -0.3 is 4.74 Å². The zero-order valence-corrected chi connectivity index (χ0v) is 13.6. The van der Waals surface area contributed by atoms with E-state index in [2.05, 4.69) is 37.9 Å². The summed E-state index contributed by atoms with van der Waals surface area (Å²) in [6.45, 7) is 6.17. The molecule has 0 radical (unpaired) electrons. The van der Waals surface area contributed by atoms with E-state index in [9.17, 15) is 0 Å². The lowest BCUT2D eigenvalue weighted by molar-refractivity contribution is 0.131. The van der Waals surface area contributed by atoms with Crippen LogP contribution in [0.4, 0.5) is 0 Å². The Labute approximate surface area is 128 Å². The summed E-state index contributed by atoms with van der Waals surface area (Å²) in [6, 6.07) is 14.3. The van der Waals surface area contributed by atoms with Gasteiger partial charge in [0, 0.05) is 11.9 Å². The van der Waals surface area contributed by atoms with Crippen molar-refractivity contribution >= 4 is 21.6 Å². The van der Waals surface area contributed by atoms with E-state index in [1.807, 2.05) is 36.5 Å². The van der Waals surface area contributed by atoms with Crippen LogP contribution in [-0.2, 0) is 5.75 Å². The van der Waals surface area contributed by atoms with Crippen LogP contribution in [-0.4, -0.2) is 10.6 Å². The first-order valence-corrected chi connectivity index (χ1v) is 8.83. The third kappa shape index (κ3) is 5.47. The number of hydrogen-bond donors (Lipinski definition) is 0. The Morgan fingerprint density at radius 3 is 2.40 bits per heavy atom. The highest BCUT2D eigenvalue weighted by Gasteiger charge is 2.11. The Bertz CT molecular complexity index is 520. The smallest absolute Gasteiger partial charge is 0.120 e. The molecule has 0 bridgehead atoms. The van der Waals surface area contributed by atoms with Crippen molar-refractivity contribution in [3.63, 3.8) is 0 Å². The van der Waals surface area contributed by atoms with Crippen LogP contribution in [0.1, 0.15) is 26.3 Å². The fraction of sp³-hybridized carbons (Fsp3) is 0.312. The molecule has 0 atom stereocenters. The van der Waals surface area contributed by atoms with Crippen LogP contribution in [0.5, 0.6) is 5.75 Å². The largest absolute Gasteiger partial charge is 0.488 e. The molecule has 0 amide bonds. The van der Waals surface area contributed by atoms with Crippen molar-refractivity contribution in [1.82, 2.24) is 4.98 Å². The Hall–Kier alpha value is -1.13. The minimum absolute atomic E-state index is 0.148. The fourth-order valence-corrected chi connectivity index (χ4v) is 3.55. The molecule has 1 aromatic heterocycles. The third-order valence-corrected chi connectivity index (χ3v) is 4.56. The first-order valence-electron chi connectivity index (χ1n) is 6.51. The minimum atomic E-state index is -0.148. The summed E-state index contributed by atoms with van der Waals surface area (Å²) in [7, 11) is 3.50. The molecular formula is C16H19NOS2. The van der Waals surface area contributed by atoms with Crippen LogP contribution in [0.2, 0.25) is 0 Å². The van der Waals surface area contributed by atoms with Crippen LogP contribution in [0, 0.1) is 0 Å². The van der Waals surface area contributed by atoms with Gasteiger partial charge in [-0.1, -0.05) is 29.0 Å². The SMILES string of the molecule is CC(C)(C)Oc1ccc(CSSc2ccccn2)cc1. The molecule has 2 aromatic rings. The highest BCUT2D eigenvalue weighted by atomic mass is 33.1. The van der Waals surface area contributed by atoms with E-state index >= 15 is 0 Å². The molecule has 0 N–H and O–H groups in total. The highest BCUT2D eigenvalue weighted by molar-refractivity contribution is 8.76. The lowest BCUT2D eigenvalue weighted by atomic mass is 10.2. The first-order chi connectivity index (χ1) is 9.53. The second kappa shape index (κ2) is 7.04. The van der Waals surface area contributed by atoms with E-state index in [0.29, 0.717) is 0 Å². The number of ether oxygens (including phenoxy) is 1. The summed E-state index contributed by atoms with van der Waals surface area (Å²) in [5, 5.41) is 1.05. The zero-order valence-electron chi connectivity index (χ0n) is 12.0. The van der Waals surface area contributed by atoms with Crippen LogP contribution >= 0.6 is 21.6 Å². The second-order valence-electron chi connectivity index (χ2n) is 5.37. The molecule has 2 nitrogen and oxygen atoms in total. The second-order valence-corrected chi connectivity index (χ2v) is 7.69. The third-order valence-electron chi connectivity index (χ3n) is 2.36. The molecule has 0 aliphatic carbocycles. The predicted molar refractivity (Wildman–Crippen MR) is 88.2 cm³/mol. The molecule has 0 aliphatic rings. The summed E-state index contributed by atoms with van der Waals surface area (Å²) in [5.74, 6) is 1.88. The Morgan fingerprint density at radius 2 is 1.80 bits per heavy atom. The van der Waals surface area contributed by atoms with Gasteiger partial charge in [-0.3, -0.25) is 0 Å². The first kappa shape index (κ1) is 15.3. The van der Waals surface area contributed by atoms with Gasteiger partial charge in [0.05, 0.1) is 0 Å². The van der Waals surface area contributed by atoms with Crippen LogP contribution in [0.15, 0.2) is 53.7 Å². The predicted octanol–water partition coefficient (Wildman–Crippen LogP) is 5.20. The van der Waals surface area contributed by atoms with Crippen molar-refractivity contribution in [2.24, 2.45) is 0 Å². The van der Waals surface area contributed by atoms with Gasteiger partial charge in [-0.25, -0.2) is 4.98 Å². The van der Waals surface area contributed by atoms with Crippen molar-refractivity contribution in [2.45, 2.75) is 37.2 Å². The lowest BCUT2D eigenvalue weighted by Gasteiger charge is -2.21. The minimum Gasteiger partial charge on any atom is -0.488 e. The van der Waals surface area contributed by atoms with Crippen LogP contribution < -0.4 is 4.74 Å². The van der Waals surface area contributed by atoms with Gasteiger partial charge in [0.25, 0.3) is 0 Å². The van der Waals surface area contributed by atoms with E-state index in [4.69, 9.17) is 4.74 Å². The normalized spacial score (nSPS) is 11.3. The summed E-state index contributed by atoms with van der Waals surface area (Å²) in [6.07, 6.45) is 1.82. The molecule has 0 aliphatic heterocycles. The van der Waals surface area contributed by atoms with E-state index in [0.717, 1.165) is 16.5 Å². The molecule has 20 heavy (non-hydrogen) atoms. The maximum Gasteiger partial charge on any atom is 0.120 e. The summed E-state index contributed by atoms with van der Waals surface area (Å²) < 4.78 is 5.81. The van der Waals surface area contributed by atoms with Crippen molar-refractivity contribution in [2.75, 3.05) is 0 Å². The van der Waals surface area contributed by atoms with Gasteiger partial charge >= 0.3 is 0 Å². The standard InChI is InChI=1S/C16H19NOS2/c1-16(2,3)18-14-9-7-13(8-10-14)12-19-20-15-6-4-5-11-17-15/h4-11H,12H2,1-3H3. The number of benzene rings is 1. The highest BCUT2D eigenvalue weighted by Crippen LogP contribution is 2.32. The molecule has 1 aromatic carbocycles. The van der Waals surface area contributed by atoms with Crippen molar-refractivity contribution < 1.29 is 4.74 Å². The Kier molecular flexibility index (Phi) is 5.38. The zero-order chi connectivity index (χ0) is 14.4. The van der Waals surface area contributed by atoms with Gasteiger partial charge in [0.1, 0.15) is 16.4 Å². The van der Waals surface area contributed by atoms with Gasteiger partial charge in [0.15, 0.2) is 0 Å². The van der Waals surface area contributed by atoms with Crippen LogP contribution in [0.3, 0.4) is 0 Å². The van der Waals surface area contributed by atoms with E-state index in [1.165, 1.54) is 5.56 Å². The molecule has 0 unspecified atom stereocenters. The molecular weight excluding hydrogens is 286 g/mol. The average Bonchev–Trinajstić information content (AvgIpc) is 2.40. The van der Waals surface area contributed by atoms with Gasteiger partial charge in [0.2, 0.25) is 0 Å². The summed E-state index contributed by atoms with van der Waals surface area (Å²) >= 11 is 0. The summed E-state index contributed by atoms with van der Waals surface area (Å²) in [4.78, 5) is 4.29. The lowest BCUT2D eigenvalue weighted by Crippen LogP contribution is -2.22. The van der Waals surface area contributed by atoms with Crippen molar-refractivity contribution in [3.05, 3.63) is 54.2 Å². The quantitative estimate of drug-likeness (QED) is 0.708.